The Hall–Kier alpha value is -1.88. The average Bonchev–Trinajstić information content (AvgIpc) is 2.42. The monoisotopic (exact) mass is 278 g/mol. The molecule has 0 spiro atoms. The molecule has 1 amide bonds. The normalized spacial score (nSPS) is 11.9. The molecular formula is C15H22N2O3. The topological polar surface area (TPSA) is 78.4 Å². The van der Waals surface area contributed by atoms with Crippen LogP contribution in [0, 0.1) is 6.92 Å². The number of rotatable bonds is 8. The van der Waals surface area contributed by atoms with E-state index in [-0.39, 0.29) is 12.5 Å². The van der Waals surface area contributed by atoms with E-state index in [4.69, 9.17) is 5.11 Å². The summed E-state index contributed by atoms with van der Waals surface area (Å²) in [5.41, 5.74) is 2.18. The molecule has 0 aromatic heterocycles. The van der Waals surface area contributed by atoms with Crippen molar-refractivity contribution < 1.29 is 14.7 Å². The molecule has 1 rings (SSSR count). The summed E-state index contributed by atoms with van der Waals surface area (Å²) >= 11 is 0. The first-order chi connectivity index (χ1) is 9.54. The van der Waals surface area contributed by atoms with Crippen molar-refractivity contribution in [3.63, 3.8) is 0 Å². The number of carboxylic acid groups (broad SMARTS) is 1. The predicted molar refractivity (Wildman–Crippen MR) is 77.4 cm³/mol. The van der Waals surface area contributed by atoms with Crippen LogP contribution in [0.4, 0.5) is 0 Å². The van der Waals surface area contributed by atoms with Crippen LogP contribution >= 0.6 is 0 Å². The number of carbonyl (C=O) groups is 2. The Bertz CT molecular complexity index is 460. The van der Waals surface area contributed by atoms with E-state index in [2.05, 4.69) is 10.6 Å². The zero-order chi connectivity index (χ0) is 15.0. The highest BCUT2D eigenvalue weighted by atomic mass is 16.4. The van der Waals surface area contributed by atoms with E-state index >= 15 is 0 Å². The number of aliphatic carboxylic acids is 1. The van der Waals surface area contributed by atoms with Crippen molar-refractivity contribution >= 4 is 11.9 Å². The van der Waals surface area contributed by atoms with Gasteiger partial charge in [0.2, 0.25) is 5.91 Å². The molecule has 0 heterocycles. The maximum Gasteiger partial charge on any atom is 0.320 e. The van der Waals surface area contributed by atoms with Crippen LogP contribution in [0.1, 0.15) is 30.9 Å². The van der Waals surface area contributed by atoms with Crippen LogP contribution in [-0.4, -0.2) is 29.6 Å². The smallest absolute Gasteiger partial charge is 0.320 e. The summed E-state index contributed by atoms with van der Waals surface area (Å²) in [6.45, 7) is 4.37. The van der Waals surface area contributed by atoms with Crippen molar-refractivity contribution in [3.8, 4) is 0 Å². The van der Waals surface area contributed by atoms with E-state index < -0.39 is 12.0 Å². The molecule has 3 N–H and O–H groups in total. The van der Waals surface area contributed by atoms with Gasteiger partial charge in [0.25, 0.3) is 0 Å². The van der Waals surface area contributed by atoms with Crippen molar-refractivity contribution in [1.82, 2.24) is 10.6 Å². The first-order valence-electron chi connectivity index (χ1n) is 6.82. The molecule has 110 valence electrons. The number of carbonyl (C=O) groups excluding carboxylic acids is 1. The van der Waals surface area contributed by atoms with Crippen molar-refractivity contribution in [2.24, 2.45) is 0 Å². The SMILES string of the molecule is CCCC(NCC(=O)NCc1ccccc1C)C(=O)O. The van der Waals surface area contributed by atoms with E-state index in [0.717, 1.165) is 17.5 Å². The number of aryl methyl sites for hydroxylation is 1. The quantitative estimate of drug-likeness (QED) is 0.672. The minimum atomic E-state index is -0.918. The molecule has 0 saturated carbocycles. The molecule has 0 fully saturated rings. The number of amides is 1. The van der Waals surface area contributed by atoms with E-state index in [1.165, 1.54) is 0 Å². The van der Waals surface area contributed by atoms with E-state index in [9.17, 15) is 9.59 Å². The highest BCUT2D eigenvalue weighted by Crippen LogP contribution is 2.05. The number of carboxylic acids is 1. The molecule has 0 bridgehead atoms. The third-order valence-corrected chi connectivity index (χ3v) is 3.12. The van der Waals surface area contributed by atoms with Gasteiger partial charge in [0, 0.05) is 6.54 Å². The summed E-state index contributed by atoms with van der Waals surface area (Å²) in [6, 6.07) is 7.16. The van der Waals surface area contributed by atoms with Crippen LogP contribution in [0.5, 0.6) is 0 Å². The Morgan fingerprint density at radius 3 is 2.60 bits per heavy atom. The molecule has 0 aliphatic rings. The Labute approximate surface area is 119 Å². The molecule has 20 heavy (non-hydrogen) atoms. The summed E-state index contributed by atoms with van der Waals surface area (Å²) in [5.74, 6) is -1.12. The number of hydrogen-bond donors (Lipinski definition) is 3. The van der Waals surface area contributed by atoms with Gasteiger partial charge in [-0.25, -0.2) is 0 Å². The maximum atomic E-state index is 11.7. The molecule has 5 nitrogen and oxygen atoms in total. The summed E-state index contributed by atoms with van der Waals surface area (Å²) in [5, 5.41) is 14.5. The Kier molecular flexibility index (Phi) is 6.73. The molecule has 1 aromatic carbocycles. The number of hydrogen-bond acceptors (Lipinski definition) is 3. The van der Waals surface area contributed by atoms with Gasteiger partial charge in [0.05, 0.1) is 6.54 Å². The lowest BCUT2D eigenvalue weighted by Crippen LogP contribution is -2.42. The van der Waals surface area contributed by atoms with E-state index in [1.54, 1.807) is 0 Å². The molecule has 0 aliphatic carbocycles. The van der Waals surface area contributed by atoms with Gasteiger partial charge < -0.3 is 10.4 Å². The van der Waals surface area contributed by atoms with Crippen LogP contribution < -0.4 is 10.6 Å². The molecule has 1 atom stereocenters. The van der Waals surface area contributed by atoms with E-state index in [1.807, 2.05) is 38.1 Å². The third kappa shape index (κ3) is 5.40. The zero-order valence-electron chi connectivity index (χ0n) is 12.0. The second-order valence-electron chi connectivity index (χ2n) is 4.76. The average molecular weight is 278 g/mol. The molecule has 0 saturated heterocycles. The fraction of sp³-hybridized carbons (Fsp3) is 0.467. The summed E-state index contributed by atoms with van der Waals surface area (Å²) < 4.78 is 0. The minimum absolute atomic E-state index is 0.0167. The largest absolute Gasteiger partial charge is 0.480 e. The molecule has 0 aliphatic heterocycles. The first kappa shape index (κ1) is 16.2. The molecular weight excluding hydrogens is 256 g/mol. The third-order valence-electron chi connectivity index (χ3n) is 3.12. The lowest BCUT2D eigenvalue weighted by Gasteiger charge is -2.13. The van der Waals surface area contributed by atoms with Crippen LogP contribution in [0.2, 0.25) is 0 Å². The Morgan fingerprint density at radius 1 is 1.30 bits per heavy atom. The summed E-state index contributed by atoms with van der Waals surface area (Å²) in [7, 11) is 0. The van der Waals surface area contributed by atoms with Gasteiger partial charge >= 0.3 is 5.97 Å². The molecule has 5 heteroatoms. The van der Waals surface area contributed by atoms with E-state index in [0.29, 0.717) is 13.0 Å². The Morgan fingerprint density at radius 2 is 2.00 bits per heavy atom. The molecule has 1 aromatic rings. The predicted octanol–water partition coefficient (Wildman–Crippen LogP) is 1.45. The number of nitrogens with one attached hydrogen (secondary N) is 2. The van der Waals surface area contributed by atoms with Crippen molar-refractivity contribution in [1.29, 1.82) is 0 Å². The van der Waals surface area contributed by atoms with Crippen LogP contribution in [-0.2, 0) is 16.1 Å². The van der Waals surface area contributed by atoms with Crippen molar-refractivity contribution in [3.05, 3.63) is 35.4 Å². The summed E-state index contributed by atoms with van der Waals surface area (Å²) in [6.07, 6.45) is 1.27. The Balaban J connectivity index is 2.37. The second kappa shape index (κ2) is 8.32. The molecule has 1 unspecified atom stereocenters. The second-order valence-corrected chi connectivity index (χ2v) is 4.76. The summed E-state index contributed by atoms with van der Waals surface area (Å²) in [4.78, 5) is 22.6. The highest BCUT2D eigenvalue weighted by Gasteiger charge is 2.16. The van der Waals surface area contributed by atoms with Gasteiger partial charge in [-0.1, -0.05) is 37.6 Å². The van der Waals surface area contributed by atoms with Gasteiger partial charge in [-0.2, -0.15) is 0 Å². The van der Waals surface area contributed by atoms with Crippen molar-refractivity contribution in [2.75, 3.05) is 6.54 Å². The van der Waals surface area contributed by atoms with Crippen molar-refractivity contribution in [2.45, 2.75) is 39.3 Å². The van der Waals surface area contributed by atoms with Gasteiger partial charge in [-0.3, -0.25) is 14.9 Å². The minimum Gasteiger partial charge on any atom is -0.480 e. The van der Waals surface area contributed by atoms with Gasteiger partial charge in [0.15, 0.2) is 0 Å². The zero-order valence-corrected chi connectivity index (χ0v) is 12.0. The lowest BCUT2D eigenvalue weighted by atomic mass is 10.1. The van der Waals surface area contributed by atoms with Crippen LogP contribution in [0.25, 0.3) is 0 Å². The lowest BCUT2D eigenvalue weighted by molar-refractivity contribution is -0.139. The fourth-order valence-corrected chi connectivity index (χ4v) is 1.88. The maximum absolute atomic E-state index is 11.7. The highest BCUT2D eigenvalue weighted by molar-refractivity contribution is 5.79. The van der Waals surface area contributed by atoms with Crippen LogP contribution in [0.3, 0.4) is 0 Å². The standard InChI is InChI=1S/C15H22N2O3/c1-3-6-13(15(19)20)16-10-14(18)17-9-12-8-5-4-7-11(12)2/h4-5,7-8,13,16H,3,6,9-10H2,1-2H3,(H,17,18)(H,19,20). The van der Waals surface area contributed by atoms with Gasteiger partial charge in [-0.15, -0.1) is 0 Å². The number of benzene rings is 1. The fourth-order valence-electron chi connectivity index (χ4n) is 1.88. The van der Waals surface area contributed by atoms with Gasteiger partial charge in [-0.05, 0) is 24.5 Å². The van der Waals surface area contributed by atoms with Crippen LogP contribution in [0.15, 0.2) is 24.3 Å². The first-order valence-corrected chi connectivity index (χ1v) is 6.82. The van der Waals surface area contributed by atoms with Gasteiger partial charge in [0.1, 0.15) is 6.04 Å². The molecule has 0 radical (unpaired) electrons.